The monoisotopic (exact) mass is 324 g/mol. The minimum Gasteiger partial charge on any atom is -0.492 e. The summed E-state index contributed by atoms with van der Waals surface area (Å²) in [5.74, 6) is 1.51. The molecular weight excluding hydrogens is 300 g/mol. The van der Waals surface area contributed by atoms with Gasteiger partial charge >= 0.3 is 0 Å². The van der Waals surface area contributed by atoms with E-state index in [0.717, 1.165) is 32.1 Å². The molecule has 1 aliphatic heterocycles. The van der Waals surface area contributed by atoms with Gasteiger partial charge in [-0.05, 0) is 37.0 Å². The Bertz CT molecular complexity index is 466. The molecule has 2 aliphatic rings. The van der Waals surface area contributed by atoms with E-state index < -0.39 is 0 Å². The molecule has 3 rings (SSSR count). The van der Waals surface area contributed by atoms with E-state index in [2.05, 4.69) is 10.6 Å². The number of benzene rings is 1. The van der Waals surface area contributed by atoms with E-state index in [1.807, 2.05) is 24.3 Å². The van der Waals surface area contributed by atoms with Gasteiger partial charge in [0.05, 0.1) is 13.2 Å². The van der Waals surface area contributed by atoms with Crippen molar-refractivity contribution < 1.29 is 9.47 Å². The van der Waals surface area contributed by atoms with Crippen molar-refractivity contribution in [2.45, 2.75) is 31.3 Å². The van der Waals surface area contributed by atoms with Crippen LogP contribution in [0.5, 0.6) is 5.75 Å². The Morgan fingerprint density at radius 2 is 2.32 bits per heavy atom. The van der Waals surface area contributed by atoms with Crippen LogP contribution in [-0.2, 0) is 4.74 Å². The van der Waals surface area contributed by atoms with Crippen molar-refractivity contribution in [1.29, 1.82) is 0 Å². The standard InChI is InChI=1S/C17H25ClN2O2/c18-13-3-1-4-14(11-13)22-10-8-19-16-6-2-5-15(16)17-12-21-9-7-20-17/h1,3-4,11,15-17,19-20H,2,5-10,12H2. The van der Waals surface area contributed by atoms with Crippen LogP contribution >= 0.6 is 11.6 Å². The maximum absolute atomic E-state index is 5.95. The predicted molar refractivity (Wildman–Crippen MR) is 88.7 cm³/mol. The van der Waals surface area contributed by atoms with Gasteiger partial charge in [0.25, 0.3) is 0 Å². The Morgan fingerprint density at radius 1 is 1.36 bits per heavy atom. The maximum Gasteiger partial charge on any atom is 0.120 e. The van der Waals surface area contributed by atoms with E-state index in [1.54, 1.807) is 0 Å². The van der Waals surface area contributed by atoms with Gasteiger partial charge in [-0.2, -0.15) is 0 Å². The molecule has 4 nitrogen and oxygen atoms in total. The molecule has 1 aromatic carbocycles. The summed E-state index contributed by atoms with van der Waals surface area (Å²) in [7, 11) is 0. The molecule has 0 amide bonds. The van der Waals surface area contributed by atoms with Gasteiger partial charge in [-0.25, -0.2) is 0 Å². The smallest absolute Gasteiger partial charge is 0.120 e. The average Bonchev–Trinajstić information content (AvgIpc) is 3.01. The average molecular weight is 325 g/mol. The summed E-state index contributed by atoms with van der Waals surface area (Å²) in [6, 6.07) is 8.63. The van der Waals surface area contributed by atoms with Crippen LogP contribution in [0.1, 0.15) is 19.3 Å². The van der Waals surface area contributed by atoms with Crippen LogP contribution in [0.25, 0.3) is 0 Å². The highest BCUT2D eigenvalue weighted by Gasteiger charge is 2.34. The normalized spacial score (nSPS) is 28.7. The molecule has 1 aliphatic carbocycles. The Hall–Kier alpha value is -0.810. The molecule has 22 heavy (non-hydrogen) atoms. The first kappa shape index (κ1) is 16.1. The lowest BCUT2D eigenvalue weighted by atomic mass is 9.94. The SMILES string of the molecule is Clc1cccc(OCCNC2CCCC2C2COCCN2)c1. The van der Waals surface area contributed by atoms with Gasteiger partial charge in [0.15, 0.2) is 0 Å². The first-order chi connectivity index (χ1) is 10.8. The van der Waals surface area contributed by atoms with Crippen molar-refractivity contribution in [3.63, 3.8) is 0 Å². The lowest BCUT2D eigenvalue weighted by Gasteiger charge is -2.33. The highest BCUT2D eigenvalue weighted by atomic mass is 35.5. The van der Waals surface area contributed by atoms with Crippen molar-refractivity contribution in [3.8, 4) is 5.75 Å². The van der Waals surface area contributed by atoms with Crippen LogP contribution in [0.4, 0.5) is 0 Å². The lowest BCUT2D eigenvalue weighted by Crippen LogP contribution is -2.51. The molecule has 0 spiro atoms. The van der Waals surface area contributed by atoms with Crippen molar-refractivity contribution in [3.05, 3.63) is 29.3 Å². The molecule has 3 atom stereocenters. The van der Waals surface area contributed by atoms with E-state index >= 15 is 0 Å². The highest BCUT2D eigenvalue weighted by Crippen LogP contribution is 2.29. The fourth-order valence-corrected chi connectivity index (χ4v) is 3.73. The molecule has 2 N–H and O–H groups in total. The number of morpholine rings is 1. The molecule has 2 fully saturated rings. The quantitative estimate of drug-likeness (QED) is 0.789. The molecule has 122 valence electrons. The second-order valence-electron chi connectivity index (χ2n) is 6.10. The molecular formula is C17H25ClN2O2. The second-order valence-corrected chi connectivity index (χ2v) is 6.53. The Morgan fingerprint density at radius 3 is 3.14 bits per heavy atom. The van der Waals surface area contributed by atoms with Crippen molar-refractivity contribution in [2.24, 2.45) is 5.92 Å². The lowest BCUT2D eigenvalue weighted by molar-refractivity contribution is 0.0523. The number of rotatable bonds is 6. The van der Waals surface area contributed by atoms with E-state index in [-0.39, 0.29) is 0 Å². The molecule has 5 heteroatoms. The van der Waals surface area contributed by atoms with E-state index in [1.165, 1.54) is 19.3 Å². The van der Waals surface area contributed by atoms with E-state index in [9.17, 15) is 0 Å². The maximum atomic E-state index is 5.95. The van der Waals surface area contributed by atoms with Gasteiger partial charge < -0.3 is 20.1 Å². The predicted octanol–water partition coefficient (Wildman–Crippen LogP) is 2.47. The van der Waals surface area contributed by atoms with Gasteiger partial charge in [-0.3, -0.25) is 0 Å². The molecule has 1 saturated heterocycles. The third kappa shape index (κ3) is 4.35. The Balaban J connectivity index is 1.40. The van der Waals surface area contributed by atoms with Crippen LogP contribution in [0, 0.1) is 5.92 Å². The van der Waals surface area contributed by atoms with Crippen LogP contribution in [0.15, 0.2) is 24.3 Å². The highest BCUT2D eigenvalue weighted by molar-refractivity contribution is 6.30. The number of halogens is 1. The molecule has 1 aromatic rings. The van der Waals surface area contributed by atoms with E-state index in [4.69, 9.17) is 21.1 Å². The van der Waals surface area contributed by atoms with Crippen LogP contribution < -0.4 is 15.4 Å². The first-order valence-electron chi connectivity index (χ1n) is 8.26. The molecule has 0 bridgehead atoms. The number of hydrogen-bond donors (Lipinski definition) is 2. The first-order valence-corrected chi connectivity index (χ1v) is 8.63. The fraction of sp³-hybridized carbons (Fsp3) is 0.647. The van der Waals surface area contributed by atoms with Crippen LogP contribution in [-0.4, -0.2) is 45.0 Å². The van der Waals surface area contributed by atoms with Crippen LogP contribution in [0.3, 0.4) is 0 Å². The molecule has 1 heterocycles. The van der Waals surface area contributed by atoms with Crippen LogP contribution in [0.2, 0.25) is 5.02 Å². The van der Waals surface area contributed by atoms with Gasteiger partial charge in [-0.1, -0.05) is 24.1 Å². The summed E-state index contributed by atoms with van der Waals surface area (Å²) in [5, 5.41) is 7.98. The zero-order chi connectivity index (χ0) is 15.2. The van der Waals surface area contributed by atoms with Gasteiger partial charge in [-0.15, -0.1) is 0 Å². The number of ether oxygens (including phenoxy) is 2. The third-order valence-electron chi connectivity index (χ3n) is 4.61. The summed E-state index contributed by atoms with van der Waals surface area (Å²) in [6.07, 6.45) is 3.84. The molecule has 0 radical (unpaired) electrons. The Labute approximate surface area is 137 Å². The van der Waals surface area contributed by atoms with Crippen molar-refractivity contribution in [1.82, 2.24) is 10.6 Å². The number of hydrogen-bond acceptors (Lipinski definition) is 4. The molecule has 0 aromatic heterocycles. The summed E-state index contributed by atoms with van der Waals surface area (Å²) in [6.45, 7) is 4.20. The summed E-state index contributed by atoms with van der Waals surface area (Å²) in [4.78, 5) is 0. The zero-order valence-electron chi connectivity index (χ0n) is 12.9. The van der Waals surface area contributed by atoms with Gasteiger partial charge in [0.1, 0.15) is 12.4 Å². The summed E-state index contributed by atoms with van der Waals surface area (Å²) < 4.78 is 11.4. The third-order valence-corrected chi connectivity index (χ3v) is 4.85. The minimum atomic E-state index is 0.502. The largest absolute Gasteiger partial charge is 0.492 e. The molecule has 3 unspecified atom stereocenters. The minimum absolute atomic E-state index is 0.502. The summed E-state index contributed by atoms with van der Waals surface area (Å²) >= 11 is 5.95. The summed E-state index contributed by atoms with van der Waals surface area (Å²) in [5.41, 5.74) is 0. The zero-order valence-corrected chi connectivity index (χ0v) is 13.6. The Kier molecular flexibility index (Phi) is 5.96. The van der Waals surface area contributed by atoms with Crippen molar-refractivity contribution in [2.75, 3.05) is 32.9 Å². The second kappa shape index (κ2) is 8.16. The number of nitrogens with one attached hydrogen (secondary N) is 2. The van der Waals surface area contributed by atoms with E-state index in [0.29, 0.717) is 29.6 Å². The van der Waals surface area contributed by atoms with Gasteiger partial charge in [0.2, 0.25) is 0 Å². The molecule has 1 saturated carbocycles. The van der Waals surface area contributed by atoms with Crippen molar-refractivity contribution >= 4 is 11.6 Å². The topological polar surface area (TPSA) is 42.5 Å². The van der Waals surface area contributed by atoms with Gasteiger partial charge in [0, 0.05) is 30.2 Å². The fourth-order valence-electron chi connectivity index (χ4n) is 3.55.